The molecular formula is C18H22N3O4S2+. The van der Waals surface area contributed by atoms with Crippen LogP contribution in [0.5, 0.6) is 0 Å². The van der Waals surface area contributed by atoms with Crippen LogP contribution in [0.15, 0.2) is 22.3 Å². The van der Waals surface area contributed by atoms with Crippen LogP contribution in [-0.2, 0) is 22.6 Å². The number of carbonyl (C=O) groups excluding carboxylic acids is 1. The molecule has 0 fully saturated rings. The Labute approximate surface area is 164 Å². The summed E-state index contributed by atoms with van der Waals surface area (Å²) in [5.41, 5.74) is 0.389. The molecule has 0 spiro atoms. The minimum absolute atomic E-state index is 0.176. The predicted octanol–water partition coefficient (Wildman–Crippen LogP) is 1.37. The van der Waals surface area contributed by atoms with E-state index >= 15 is 0 Å². The van der Waals surface area contributed by atoms with E-state index in [-0.39, 0.29) is 12.2 Å². The van der Waals surface area contributed by atoms with Gasteiger partial charge in [-0.1, -0.05) is 6.07 Å². The Bertz CT molecular complexity index is 979. The third-order valence-corrected chi connectivity index (χ3v) is 6.12. The Hall–Kier alpha value is -2.07. The van der Waals surface area contributed by atoms with Gasteiger partial charge in [-0.2, -0.15) is 0 Å². The quantitative estimate of drug-likeness (QED) is 0.434. The number of methoxy groups -OCH3 is 1. The van der Waals surface area contributed by atoms with E-state index in [1.165, 1.54) is 21.1 Å². The second-order valence-electron chi connectivity index (χ2n) is 6.27. The molecule has 0 aliphatic carbocycles. The summed E-state index contributed by atoms with van der Waals surface area (Å²) in [6, 6.07) is 4.12. The second-order valence-corrected chi connectivity index (χ2v) is 8.30. The first-order valence-corrected chi connectivity index (χ1v) is 10.2. The van der Waals surface area contributed by atoms with Gasteiger partial charge < -0.3 is 19.4 Å². The second kappa shape index (κ2) is 8.75. The van der Waals surface area contributed by atoms with E-state index in [4.69, 9.17) is 9.47 Å². The molecule has 0 bridgehead atoms. The third kappa shape index (κ3) is 4.62. The van der Waals surface area contributed by atoms with Crippen molar-refractivity contribution in [3.05, 3.63) is 49.0 Å². The van der Waals surface area contributed by atoms with E-state index in [1.807, 2.05) is 6.07 Å². The highest BCUT2D eigenvalue weighted by molar-refractivity contribution is 7.20. The van der Waals surface area contributed by atoms with Gasteiger partial charge in [0.15, 0.2) is 5.82 Å². The van der Waals surface area contributed by atoms with Crippen LogP contribution in [0, 0.1) is 6.92 Å². The Kier molecular flexibility index (Phi) is 6.38. The zero-order chi connectivity index (χ0) is 19.4. The number of hydrogen-bond acceptors (Lipinski definition) is 7. The molecule has 0 saturated heterocycles. The topological polar surface area (TPSA) is 85.7 Å². The number of aromatic nitrogens is 2. The molecule has 0 amide bonds. The molecule has 0 saturated carbocycles. The van der Waals surface area contributed by atoms with Crippen molar-refractivity contribution < 1.29 is 19.2 Å². The largest absolute Gasteiger partial charge is 0.459 e. The van der Waals surface area contributed by atoms with Gasteiger partial charge in [0.05, 0.1) is 23.9 Å². The zero-order valence-electron chi connectivity index (χ0n) is 15.5. The molecular weight excluding hydrogens is 386 g/mol. The first-order chi connectivity index (χ1) is 13.0. The average Bonchev–Trinajstić information content (AvgIpc) is 3.23. The monoisotopic (exact) mass is 408 g/mol. The maximum absolute atomic E-state index is 12.5. The number of carbonyl (C=O) groups is 1. The van der Waals surface area contributed by atoms with Crippen LogP contribution in [0.2, 0.25) is 0 Å². The lowest BCUT2D eigenvalue weighted by atomic mass is 10.2. The number of rotatable bonds is 8. The van der Waals surface area contributed by atoms with Crippen molar-refractivity contribution in [2.45, 2.75) is 20.0 Å². The van der Waals surface area contributed by atoms with Crippen LogP contribution in [-0.4, -0.2) is 43.3 Å². The molecule has 0 aliphatic heterocycles. The van der Waals surface area contributed by atoms with E-state index in [1.54, 1.807) is 25.4 Å². The molecule has 27 heavy (non-hydrogen) atoms. The van der Waals surface area contributed by atoms with Gasteiger partial charge in [0.25, 0.3) is 5.56 Å². The summed E-state index contributed by atoms with van der Waals surface area (Å²) in [6.45, 7) is 3.71. The fourth-order valence-corrected chi connectivity index (χ4v) is 4.72. The Morgan fingerprint density at radius 1 is 1.33 bits per heavy atom. The Morgan fingerprint density at radius 2 is 2.15 bits per heavy atom. The molecule has 9 heteroatoms. The van der Waals surface area contributed by atoms with Gasteiger partial charge in [0.1, 0.15) is 29.4 Å². The fourth-order valence-electron chi connectivity index (χ4n) is 2.81. The SMILES string of the molecule is COCCOC(=O)c1sc2nc(C[NH+](C)Cc3cccs3)[nH]c(=O)c2c1C. The molecule has 3 heterocycles. The summed E-state index contributed by atoms with van der Waals surface area (Å²) in [6.07, 6.45) is 0. The van der Waals surface area contributed by atoms with Gasteiger partial charge in [0, 0.05) is 7.11 Å². The van der Waals surface area contributed by atoms with Crippen LogP contribution < -0.4 is 10.5 Å². The molecule has 1 atom stereocenters. The molecule has 0 aromatic carbocycles. The first-order valence-electron chi connectivity index (χ1n) is 8.51. The molecule has 2 N–H and O–H groups in total. The molecule has 0 aliphatic rings. The van der Waals surface area contributed by atoms with E-state index in [9.17, 15) is 9.59 Å². The number of fused-ring (bicyclic) bond motifs is 1. The van der Waals surface area contributed by atoms with Crippen molar-refractivity contribution in [2.75, 3.05) is 27.4 Å². The lowest BCUT2D eigenvalue weighted by molar-refractivity contribution is -0.908. The van der Waals surface area contributed by atoms with Gasteiger partial charge in [0.2, 0.25) is 0 Å². The molecule has 3 aromatic rings. The number of esters is 1. The summed E-state index contributed by atoms with van der Waals surface area (Å²) in [5.74, 6) is 0.163. The third-order valence-electron chi connectivity index (χ3n) is 4.08. The Morgan fingerprint density at radius 3 is 2.85 bits per heavy atom. The van der Waals surface area contributed by atoms with Crippen LogP contribution in [0.3, 0.4) is 0 Å². The van der Waals surface area contributed by atoms with Crippen molar-refractivity contribution in [1.29, 1.82) is 0 Å². The number of thiophene rings is 2. The van der Waals surface area contributed by atoms with Gasteiger partial charge in [-0.25, -0.2) is 9.78 Å². The number of nitrogens with zero attached hydrogens (tertiary/aromatic N) is 1. The normalized spacial score (nSPS) is 12.4. The number of ether oxygens (including phenoxy) is 2. The molecule has 3 aromatic heterocycles. The van der Waals surface area contributed by atoms with Crippen LogP contribution in [0.25, 0.3) is 10.2 Å². The van der Waals surface area contributed by atoms with E-state index in [2.05, 4.69) is 28.5 Å². The zero-order valence-corrected chi connectivity index (χ0v) is 17.1. The van der Waals surface area contributed by atoms with Crippen molar-refractivity contribution in [2.24, 2.45) is 0 Å². The summed E-state index contributed by atoms with van der Waals surface area (Å²) in [7, 11) is 3.60. The summed E-state index contributed by atoms with van der Waals surface area (Å²) in [5, 5.41) is 2.51. The van der Waals surface area contributed by atoms with Crippen molar-refractivity contribution in [3.63, 3.8) is 0 Å². The van der Waals surface area contributed by atoms with Crippen LogP contribution in [0.4, 0.5) is 0 Å². The van der Waals surface area contributed by atoms with Gasteiger partial charge >= 0.3 is 5.97 Å². The van der Waals surface area contributed by atoms with Gasteiger partial charge in [-0.15, -0.1) is 22.7 Å². The highest BCUT2D eigenvalue weighted by Crippen LogP contribution is 2.27. The molecule has 144 valence electrons. The van der Waals surface area contributed by atoms with Gasteiger partial charge in [-0.3, -0.25) is 4.79 Å². The van der Waals surface area contributed by atoms with Crippen molar-refractivity contribution in [3.8, 4) is 0 Å². The Balaban J connectivity index is 1.81. The summed E-state index contributed by atoms with van der Waals surface area (Å²) >= 11 is 2.91. The minimum atomic E-state index is -0.450. The van der Waals surface area contributed by atoms with E-state index in [0.29, 0.717) is 39.6 Å². The number of quaternary nitrogens is 1. The predicted molar refractivity (Wildman–Crippen MR) is 106 cm³/mol. The smallest absolute Gasteiger partial charge is 0.348 e. The number of H-pyrrole nitrogens is 1. The number of hydrogen-bond donors (Lipinski definition) is 2. The standard InChI is InChI=1S/C18H21N3O4S2/c1-11-14-16(22)19-13(10-21(2)9-12-5-4-8-26-12)20-17(14)27-15(11)18(23)25-7-6-24-3/h4-5,8H,6-7,9-10H2,1-3H3,(H,19,20,22)/p+1. The minimum Gasteiger partial charge on any atom is -0.459 e. The molecule has 7 nitrogen and oxygen atoms in total. The number of aryl methyl sites for hydroxylation is 1. The highest BCUT2D eigenvalue weighted by atomic mass is 32.1. The van der Waals surface area contributed by atoms with Crippen LogP contribution in [0.1, 0.15) is 25.9 Å². The maximum atomic E-state index is 12.5. The average molecular weight is 409 g/mol. The number of nitrogens with one attached hydrogen (secondary N) is 2. The van der Waals surface area contributed by atoms with Crippen molar-refractivity contribution in [1.82, 2.24) is 9.97 Å². The molecule has 3 rings (SSSR count). The van der Waals surface area contributed by atoms with Crippen LogP contribution >= 0.6 is 22.7 Å². The molecule has 0 radical (unpaired) electrons. The lowest BCUT2D eigenvalue weighted by Crippen LogP contribution is -3.06. The summed E-state index contributed by atoms with van der Waals surface area (Å²) < 4.78 is 10.1. The van der Waals surface area contributed by atoms with E-state index in [0.717, 1.165) is 6.54 Å². The van der Waals surface area contributed by atoms with Crippen molar-refractivity contribution >= 4 is 38.9 Å². The van der Waals surface area contributed by atoms with E-state index < -0.39 is 5.97 Å². The first kappa shape index (κ1) is 19.7. The van der Waals surface area contributed by atoms with Gasteiger partial charge in [-0.05, 0) is 23.9 Å². The maximum Gasteiger partial charge on any atom is 0.348 e. The molecule has 1 unspecified atom stereocenters. The lowest BCUT2D eigenvalue weighted by Gasteiger charge is -2.12. The fraction of sp³-hybridized carbons (Fsp3) is 0.389. The highest BCUT2D eigenvalue weighted by Gasteiger charge is 2.21. The number of aromatic amines is 1. The summed E-state index contributed by atoms with van der Waals surface area (Å²) in [4.78, 5) is 35.7.